The molecule has 0 bridgehead atoms. The van der Waals surface area contributed by atoms with Crippen molar-refractivity contribution in [1.82, 2.24) is 5.32 Å². The molecule has 2 aromatic rings. The first-order valence-electron chi connectivity index (χ1n) is 10.1. The molecule has 0 radical (unpaired) electrons. The van der Waals surface area contributed by atoms with E-state index < -0.39 is 12.1 Å². The van der Waals surface area contributed by atoms with Crippen molar-refractivity contribution in [2.75, 3.05) is 18.0 Å². The van der Waals surface area contributed by atoms with E-state index in [1.165, 1.54) is 6.92 Å². The van der Waals surface area contributed by atoms with Crippen LogP contribution in [0.4, 0.5) is 5.69 Å². The number of hydrogen-bond acceptors (Lipinski definition) is 4. The van der Waals surface area contributed by atoms with Gasteiger partial charge in [-0.05, 0) is 49.1 Å². The molecule has 2 amide bonds. The molecular weight excluding hydrogens is 380 g/mol. The monoisotopic (exact) mass is 410 g/mol. The first-order valence-corrected chi connectivity index (χ1v) is 10.1. The van der Waals surface area contributed by atoms with Crippen molar-refractivity contribution in [2.45, 2.75) is 46.1 Å². The molecule has 0 unspecified atom stereocenters. The molecule has 0 aliphatic rings. The van der Waals surface area contributed by atoms with Gasteiger partial charge in [-0.15, -0.1) is 0 Å². The predicted octanol–water partition coefficient (Wildman–Crippen LogP) is 3.70. The summed E-state index contributed by atoms with van der Waals surface area (Å²) >= 11 is 0. The van der Waals surface area contributed by atoms with Crippen LogP contribution in [0.15, 0.2) is 54.6 Å². The number of rotatable bonds is 7. The van der Waals surface area contributed by atoms with Gasteiger partial charge in [0.05, 0.1) is 0 Å². The van der Waals surface area contributed by atoms with Crippen LogP contribution in [0.3, 0.4) is 0 Å². The lowest BCUT2D eigenvalue weighted by molar-refractivity contribution is -0.152. The van der Waals surface area contributed by atoms with Crippen LogP contribution in [0.1, 0.15) is 50.5 Å². The molecule has 0 aliphatic heterocycles. The van der Waals surface area contributed by atoms with E-state index in [1.807, 2.05) is 49.4 Å². The summed E-state index contributed by atoms with van der Waals surface area (Å²) in [7, 11) is 0. The second kappa shape index (κ2) is 10.1. The fourth-order valence-electron chi connectivity index (χ4n) is 2.96. The lowest BCUT2D eigenvalue weighted by Crippen LogP contribution is -2.41. The van der Waals surface area contributed by atoms with Gasteiger partial charge in [0.15, 0.2) is 6.10 Å². The van der Waals surface area contributed by atoms with E-state index in [1.54, 1.807) is 17.0 Å². The molecule has 0 aromatic heterocycles. The van der Waals surface area contributed by atoms with E-state index in [4.69, 9.17) is 4.74 Å². The predicted molar refractivity (Wildman–Crippen MR) is 117 cm³/mol. The van der Waals surface area contributed by atoms with E-state index in [2.05, 4.69) is 26.1 Å². The molecule has 6 heteroatoms. The van der Waals surface area contributed by atoms with Crippen molar-refractivity contribution >= 4 is 23.5 Å². The third-order valence-corrected chi connectivity index (χ3v) is 4.71. The van der Waals surface area contributed by atoms with Gasteiger partial charge in [0.25, 0.3) is 11.8 Å². The average Bonchev–Trinajstić information content (AvgIpc) is 2.72. The number of benzene rings is 2. The van der Waals surface area contributed by atoms with Crippen LogP contribution >= 0.6 is 0 Å². The smallest absolute Gasteiger partial charge is 0.326 e. The van der Waals surface area contributed by atoms with Gasteiger partial charge < -0.3 is 15.0 Å². The summed E-state index contributed by atoms with van der Waals surface area (Å²) in [5, 5.41) is 2.54. The maximum atomic E-state index is 12.6. The zero-order chi connectivity index (χ0) is 22.3. The fourth-order valence-corrected chi connectivity index (χ4v) is 2.96. The van der Waals surface area contributed by atoms with Crippen molar-refractivity contribution in [3.8, 4) is 0 Å². The normalized spacial score (nSPS) is 12.0. The van der Waals surface area contributed by atoms with Crippen molar-refractivity contribution < 1.29 is 19.1 Å². The lowest BCUT2D eigenvalue weighted by Gasteiger charge is -2.24. The van der Waals surface area contributed by atoms with Gasteiger partial charge in [-0.2, -0.15) is 0 Å². The molecule has 0 saturated carbocycles. The van der Waals surface area contributed by atoms with E-state index in [-0.39, 0.29) is 23.8 Å². The minimum atomic E-state index is -0.958. The van der Waals surface area contributed by atoms with Crippen molar-refractivity contribution in [1.29, 1.82) is 0 Å². The number of nitrogens with one attached hydrogen (secondary N) is 1. The second-order valence-electron chi connectivity index (χ2n) is 8.06. The third-order valence-electron chi connectivity index (χ3n) is 4.71. The first-order chi connectivity index (χ1) is 14.1. The van der Waals surface area contributed by atoms with Gasteiger partial charge in [0, 0.05) is 17.8 Å². The number of hydrogen-bond donors (Lipinski definition) is 1. The van der Waals surface area contributed by atoms with Gasteiger partial charge in [-0.1, -0.05) is 51.1 Å². The largest absolute Gasteiger partial charge is 0.451 e. The Morgan fingerprint density at radius 1 is 1.00 bits per heavy atom. The number of carbonyl (C=O) groups is 3. The summed E-state index contributed by atoms with van der Waals surface area (Å²) in [5.74, 6) is -1.35. The van der Waals surface area contributed by atoms with Crippen molar-refractivity contribution in [3.05, 3.63) is 65.7 Å². The van der Waals surface area contributed by atoms with Crippen LogP contribution < -0.4 is 10.2 Å². The Hall–Kier alpha value is -3.15. The first kappa shape index (κ1) is 23.1. The van der Waals surface area contributed by atoms with Gasteiger partial charge in [0.2, 0.25) is 0 Å². The molecule has 160 valence electrons. The van der Waals surface area contributed by atoms with E-state index in [0.717, 1.165) is 11.3 Å². The van der Waals surface area contributed by atoms with E-state index >= 15 is 0 Å². The Bertz CT molecular complexity index is 870. The van der Waals surface area contributed by atoms with Gasteiger partial charge >= 0.3 is 5.97 Å². The summed E-state index contributed by atoms with van der Waals surface area (Å²) in [6.07, 6.45) is -0.958. The Balaban J connectivity index is 1.89. The lowest BCUT2D eigenvalue weighted by atomic mass is 9.87. The van der Waals surface area contributed by atoms with E-state index in [0.29, 0.717) is 12.1 Å². The highest BCUT2D eigenvalue weighted by Gasteiger charge is 2.24. The maximum Gasteiger partial charge on any atom is 0.326 e. The molecule has 30 heavy (non-hydrogen) atoms. The average molecular weight is 411 g/mol. The highest BCUT2D eigenvalue weighted by molar-refractivity contribution is 5.98. The molecule has 6 nitrogen and oxygen atoms in total. The third kappa shape index (κ3) is 6.17. The molecule has 1 N–H and O–H groups in total. The Morgan fingerprint density at radius 3 is 2.13 bits per heavy atom. The van der Waals surface area contributed by atoms with Crippen molar-refractivity contribution in [2.24, 2.45) is 0 Å². The van der Waals surface area contributed by atoms with Crippen LogP contribution in [0, 0.1) is 0 Å². The maximum absolute atomic E-state index is 12.6. The number of carbonyl (C=O) groups excluding carboxylic acids is 3. The van der Waals surface area contributed by atoms with Crippen LogP contribution in [0.5, 0.6) is 0 Å². The van der Waals surface area contributed by atoms with Crippen LogP contribution in [-0.4, -0.2) is 37.0 Å². The number of anilines is 1. The number of nitrogens with zero attached hydrogens (tertiary/aromatic N) is 1. The molecule has 0 spiro atoms. The number of ether oxygens (including phenoxy) is 1. The highest BCUT2D eigenvalue weighted by atomic mass is 16.5. The fraction of sp³-hybridized carbons (Fsp3) is 0.375. The van der Waals surface area contributed by atoms with Crippen LogP contribution in [-0.2, 0) is 19.7 Å². The summed E-state index contributed by atoms with van der Waals surface area (Å²) in [6.45, 7) is 9.80. The molecule has 1 atom stereocenters. The summed E-state index contributed by atoms with van der Waals surface area (Å²) < 4.78 is 5.22. The minimum Gasteiger partial charge on any atom is -0.451 e. The summed E-state index contributed by atoms with van der Waals surface area (Å²) in [4.78, 5) is 38.6. The molecule has 0 heterocycles. The second-order valence-corrected chi connectivity index (χ2v) is 8.06. The number of esters is 1. The molecular formula is C24H30N2O4. The number of amides is 2. The SMILES string of the molecule is CCN(C(=O)[C@H](C)OC(=O)CNC(=O)c1ccc(C(C)(C)C)cc1)c1ccccc1. The zero-order valence-corrected chi connectivity index (χ0v) is 18.3. The molecule has 2 rings (SSSR count). The van der Waals surface area contributed by atoms with E-state index in [9.17, 15) is 14.4 Å². The molecule has 2 aromatic carbocycles. The summed E-state index contributed by atoms with van der Waals surface area (Å²) in [5.41, 5.74) is 2.30. The van der Waals surface area contributed by atoms with Crippen LogP contribution in [0.25, 0.3) is 0 Å². The standard InChI is InChI=1S/C24H30N2O4/c1-6-26(20-10-8-7-9-11-20)23(29)17(2)30-21(27)16-25-22(28)18-12-14-19(15-13-18)24(3,4)5/h7-15,17H,6,16H2,1-5H3,(H,25,28)/t17-/m0/s1. The zero-order valence-electron chi connectivity index (χ0n) is 18.3. The Kier molecular flexibility index (Phi) is 7.75. The van der Waals surface area contributed by atoms with Gasteiger partial charge in [0.1, 0.15) is 6.54 Å². The number of likely N-dealkylation sites (N-methyl/N-ethyl adjacent to an activating group) is 1. The highest BCUT2D eigenvalue weighted by Crippen LogP contribution is 2.22. The quantitative estimate of drug-likeness (QED) is 0.706. The van der Waals surface area contributed by atoms with Crippen molar-refractivity contribution in [3.63, 3.8) is 0 Å². The van der Waals surface area contributed by atoms with Crippen LogP contribution in [0.2, 0.25) is 0 Å². The minimum absolute atomic E-state index is 0.00634. The topological polar surface area (TPSA) is 75.7 Å². The molecule has 0 fully saturated rings. The Labute approximate surface area is 178 Å². The van der Waals surface area contributed by atoms with Gasteiger partial charge in [-0.25, -0.2) is 0 Å². The Morgan fingerprint density at radius 2 is 1.60 bits per heavy atom. The molecule has 0 saturated heterocycles. The summed E-state index contributed by atoms with van der Waals surface area (Å²) in [6, 6.07) is 16.4. The van der Waals surface area contributed by atoms with Gasteiger partial charge in [-0.3, -0.25) is 14.4 Å². The number of para-hydroxylation sites is 1. The molecule has 0 aliphatic carbocycles.